The molecule has 4 nitrogen and oxygen atoms in total. The molecule has 0 atom stereocenters. The first-order valence-electron chi connectivity index (χ1n) is 5.36. The molecule has 9 heteroatoms. The van der Waals surface area contributed by atoms with E-state index in [0.717, 1.165) is 5.56 Å². The van der Waals surface area contributed by atoms with Crippen LogP contribution in [0.5, 0.6) is 0 Å². The molecule has 1 aromatic carbocycles. The summed E-state index contributed by atoms with van der Waals surface area (Å²) >= 11 is 4.97. The molecule has 0 aliphatic heterocycles. The van der Waals surface area contributed by atoms with Crippen molar-refractivity contribution in [2.75, 3.05) is 5.43 Å². The van der Waals surface area contributed by atoms with Crippen LogP contribution in [0, 0.1) is 0 Å². The van der Waals surface area contributed by atoms with Crippen LogP contribution < -0.4 is 10.7 Å². The van der Waals surface area contributed by atoms with Gasteiger partial charge in [-0.05, 0) is 24.5 Å². The summed E-state index contributed by atoms with van der Waals surface area (Å²) in [5.74, 6) is 0. The van der Waals surface area contributed by atoms with Gasteiger partial charge in [0.15, 0.2) is 0 Å². The number of nitrogens with zero attached hydrogens (tertiary/aromatic N) is 1. The first-order valence-corrected chi connectivity index (χ1v) is 5.73. The second-order valence-corrected chi connectivity index (χ2v) is 4.13. The molecule has 19 heavy (non-hydrogen) atoms. The van der Waals surface area contributed by atoms with E-state index in [9.17, 15) is 13.2 Å². The number of hydrogen-bond donors (Lipinski definition) is 3. The number of halogens is 4. The number of nitrogens with one attached hydrogen (secondary N) is 2. The van der Waals surface area contributed by atoms with Crippen molar-refractivity contribution in [3.8, 4) is 0 Å². The van der Waals surface area contributed by atoms with Crippen molar-refractivity contribution in [2.24, 2.45) is 5.10 Å². The van der Waals surface area contributed by atoms with Crippen molar-refractivity contribution in [1.82, 2.24) is 5.23 Å². The molecule has 104 valence electrons. The second kappa shape index (κ2) is 6.79. The van der Waals surface area contributed by atoms with Gasteiger partial charge in [-0.25, -0.2) is 0 Å². The molecule has 1 aromatic rings. The van der Waals surface area contributed by atoms with Crippen LogP contribution in [0.1, 0.15) is 5.56 Å². The van der Waals surface area contributed by atoms with E-state index >= 15 is 0 Å². The first kappa shape index (κ1) is 15.8. The van der Waals surface area contributed by atoms with Crippen molar-refractivity contribution in [3.63, 3.8) is 0 Å². The highest BCUT2D eigenvalue weighted by Crippen LogP contribution is 2.20. The standard InChI is InChI=1S/C10H12BClF3N3O/c1-11(19)16-6-7-3-2-4-8(5-7)17-18-9(12)10(13,14)15/h2-5,16-17,19H,6H2,1H3/b18-9-. The lowest BCUT2D eigenvalue weighted by Gasteiger charge is -2.08. The minimum atomic E-state index is -4.67. The minimum absolute atomic E-state index is 0.368. The highest BCUT2D eigenvalue weighted by atomic mass is 35.5. The Hall–Kier alpha value is -1.25. The zero-order valence-electron chi connectivity index (χ0n) is 10.0. The molecular weight excluding hydrogens is 281 g/mol. The van der Waals surface area contributed by atoms with Crippen LogP contribution >= 0.6 is 11.6 Å². The third-order valence-corrected chi connectivity index (χ3v) is 2.34. The third kappa shape index (κ3) is 5.95. The zero-order valence-corrected chi connectivity index (χ0v) is 10.8. The van der Waals surface area contributed by atoms with E-state index in [-0.39, 0.29) is 0 Å². The third-order valence-electron chi connectivity index (χ3n) is 2.05. The van der Waals surface area contributed by atoms with Crippen molar-refractivity contribution in [2.45, 2.75) is 19.5 Å². The van der Waals surface area contributed by atoms with Crippen molar-refractivity contribution >= 4 is 29.5 Å². The highest BCUT2D eigenvalue weighted by molar-refractivity contribution is 6.66. The Morgan fingerprint density at radius 3 is 2.74 bits per heavy atom. The Labute approximate surface area is 113 Å². The van der Waals surface area contributed by atoms with E-state index in [0.29, 0.717) is 12.2 Å². The SMILES string of the molecule is CB(O)NCc1cccc(N/N=C(\Cl)C(F)(F)F)c1. The molecule has 0 saturated carbocycles. The summed E-state index contributed by atoms with van der Waals surface area (Å²) in [6.07, 6.45) is -4.67. The van der Waals surface area contributed by atoms with Gasteiger partial charge in [0.05, 0.1) is 5.69 Å². The van der Waals surface area contributed by atoms with Crippen LogP contribution in [-0.4, -0.2) is 23.4 Å². The number of rotatable bonds is 5. The molecule has 0 aromatic heterocycles. The molecule has 0 fully saturated rings. The Morgan fingerprint density at radius 2 is 2.16 bits per heavy atom. The van der Waals surface area contributed by atoms with E-state index in [1.54, 1.807) is 31.1 Å². The van der Waals surface area contributed by atoms with Crippen LogP contribution in [-0.2, 0) is 6.54 Å². The predicted octanol–water partition coefficient (Wildman–Crippen LogP) is 2.41. The lowest BCUT2D eigenvalue weighted by atomic mass is 9.88. The summed E-state index contributed by atoms with van der Waals surface area (Å²) in [4.78, 5) is 0. The number of hydrazone groups is 1. The molecule has 0 aliphatic rings. The smallest absolute Gasteiger partial charge is 0.437 e. The van der Waals surface area contributed by atoms with Crippen LogP contribution in [0.2, 0.25) is 6.82 Å². The van der Waals surface area contributed by atoms with E-state index < -0.39 is 18.4 Å². The van der Waals surface area contributed by atoms with E-state index in [1.165, 1.54) is 0 Å². The fourth-order valence-corrected chi connectivity index (χ4v) is 1.24. The fourth-order valence-electron chi connectivity index (χ4n) is 1.19. The fraction of sp³-hybridized carbons (Fsp3) is 0.300. The Kier molecular flexibility index (Phi) is 5.65. The van der Waals surface area contributed by atoms with Gasteiger partial charge in [-0.2, -0.15) is 18.3 Å². The first-order chi connectivity index (χ1) is 8.79. The second-order valence-electron chi connectivity index (χ2n) is 3.77. The van der Waals surface area contributed by atoms with E-state index in [1.807, 2.05) is 0 Å². The van der Waals surface area contributed by atoms with Crippen LogP contribution in [0.3, 0.4) is 0 Å². The van der Waals surface area contributed by atoms with Gasteiger partial charge in [-0.1, -0.05) is 23.7 Å². The van der Waals surface area contributed by atoms with E-state index in [2.05, 4.69) is 15.8 Å². The molecule has 0 heterocycles. The topological polar surface area (TPSA) is 56.6 Å². The Balaban J connectivity index is 2.67. The van der Waals surface area contributed by atoms with Gasteiger partial charge < -0.3 is 10.3 Å². The van der Waals surface area contributed by atoms with Gasteiger partial charge >= 0.3 is 13.2 Å². The Bertz CT molecular complexity index is 454. The van der Waals surface area contributed by atoms with Crippen LogP contribution in [0.4, 0.5) is 18.9 Å². The number of benzene rings is 1. The number of anilines is 1. The summed E-state index contributed by atoms with van der Waals surface area (Å²) in [6, 6.07) is 6.56. The molecule has 0 radical (unpaired) electrons. The molecular formula is C10H12BClF3N3O. The average molecular weight is 293 g/mol. The summed E-state index contributed by atoms with van der Waals surface area (Å²) in [6.45, 7) is 1.94. The monoisotopic (exact) mass is 293 g/mol. The molecule has 0 saturated heterocycles. The normalized spacial score (nSPS) is 12.4. The van der Waals surface area contributed by atoms with Gasteiger partial charge in [-0.3, -0.25) is 5.43 Å². The van der Waals surface area contributed by atoms with Crippen molar-refractivity contribution in [1.29, 1.82) is 0 Å². The largest absolute Gasteiger partial charge is 0.446 e. The Morgan fingerprint density at radius 1 is 1.47 bits per heavy atom. The van der Waals surface area contributed by atoms with Gasteiger partial charge in [0, 0.05) is 6.54 Å². The van der Waals surface area contributed by atoms with Crippen molar-refractivity contribution in [3.05, 3.63) is 29.8 Å². The summed E-state index contributed by atoms with van der Waals surface area (Å²) < 4.78 is 36.3. The lowest BCUT2D eigenvalue weighted by Crippen LogP contribution is -2.29. The molecule has 0 unspecified atom stereocenters. The molecule has 0 aliphatic carbocycles. The zero-order chi connectivity index (χ0) is 14.5. The number of alkyl halides is 3. The maximum atomic E-state index is 12.1. The lowest BCUT2D eigenvalue weighted by molar-refractivity contribution is -0.0559. The maximum Gasteiger partial charge on any atom is 0.446 e. The molecule has 0 bridgehead atoms. The summed E-state index contributed by atoms with van der Waals surface area (Å²) in [7, 11) is -0.672. The molecule has 3 N–H and O–H groups in total. The minimum Gasteiger partial charge on any atom is -0.437 e. The maximum absolute atomic E-state index is 12.1. The van der Waals surface area contributed by atoms with Gasteiger partial charge in [0.25, 0.3) is 0 Å². The van der Waals surface area contributed by atoms with Gasteiger partial charge in [-0.15, -0.1) is 0 Å². The predicted molar refractivity (Wildman–Crippen MR) is 70.1 cm³/mol. The van der Waals surface area contributed by atoms with Gasteiger partial charge in [0.2, 0.25) is 5.17 Å². The molecule has 0 spiro atoms. The van der Waals surface area contributed by atoms with Crippen LogP contribution in [0.25, 0.3) is 0 Å². The van der Waals surface area contributed by atoms with Gasteiger partial charge in [0.1, 0.15) is 0 Å². The van der Waals surface area contributed by atoms with Crippen LogP contribution in [0.15, 0.2) is 29.4 Å². The number of hydrogen-bond acceptors (Lipinski definition) is 4. The average Bonchev–Trinajstić information content (AvgIpc) is 2.32. The van der Waals surface area contributed by atoms with Crippen molar-refractivity contribution < 1.29 is 18.2 Å². The summed E-state index contributed by atoms with van der Waals surface area (Å²) in [5, 5.41) is 13.4. The van der Waals surface area contributed by atoms with E-state index in [4.69, 9.17) is 16.6 Å². The molecule has 1 rings (SSSR count). The highest BCUT2D eigenvalue weighted by Gasteiger charge is 2.34. The quantitative estimate of drug-likeness (QED) is 0.444. The summed E-state index contributed by atoms with van der Waals surface area (Å²) in [5.41, 5.74) is 3.37. The molecule has 0 amide bonds.